The zero-order chi connectivity index (χ0) is 14.8. The fourth-order valence-corrected chi connectivity index (χ4v) is 3.12. The minimum Gasteiger partial charge on any atom is -0.388 e. The van der Waals surface area contributed by atoms with Gasteiger partial charge in [0.2, 0.25) is 0 Å². The third kappa shape index (κ3) is 6.90. The molecule has 0 spiro atoms. The van der Waals surface area contributed by atoms with Gasteiger partial charge in [-0.2, -0.15) is 0 Å². The second-order valence-corrected chi connectivity index (χ2v) is 6.70. The van der Waals surface area contributed by atoms with Crippen molar-refractivity contribution in [2.75, 3.05) is 0 Å². The Morgan fingerprint density at radius 2 is 1.60 bits per heavy atom. The first-order valence-corrected chi connectivity index (χ1v) is 8.88. The van der Waals surface area contributed by atoms with E-state index in [1.807, 2.05) is 12.1 Å². The van der Waals surface area contributed by atoms with Crippen molar-refractivity contribution >= 4 is 15.9 Å². The summed E-state index contributed by atoms with van der Waals surface area (Å²) in [5.74, 6) is 0. The molecule has 2 heteroatoms. The van der Waals surface area contributed by atoms with E-state index in [4.69, 9.17) is 0 Å². The number of hydrogen-bond acceptors (Lipinski definition) is 1. The maximum atomic E-state index is 10.2. The van der Waals surface area contributed by atoms with Gasteiger partial charge in [0.25, 0.3) is 0 Å². The molecule has 1 atom stereocenters. The molecule has 1 rings (SSSR count). The Hall–Kier alpha value is -0.340. The molecule has 0 bridgehead atoms. The van der Waals surface area contributed by atoms with Crippen LogP contribution in [0.1, 0.15) is 81.9 Å². The lowest BCUT2D eigenvalue weighted by molar-refractivity contribution is 0.162. The van der Waals surface area contributed by atoms with Gasteiger partial charge in [0.15, 0.2) is 0 Å². The average molecular weight is 341 g/mol. The maximum Gasteiger partial charge on any atom is 0.0792 e. The Morgan fingerprint density at radius 3 is 2.20 bits per heavy atom. The van der Waals surface area contributed by atoms with E-state index >= 15 is 0 Å². The molecule has 0 aliphatic carbocycles. The van der Waals surface area contributed by atoms with Gasteiger partial charge in [0.05, 0.1) is 6.10 Å². The Morgan fingerprint density at radius 1 is 1.00 bits per heavy atom. The summed E-state index contributed by atoms with van der Waals surface area (Å²) >= 11 is 3.46. The van der Waals surface area contributed by atoms with Crippen LogP contribution in [0.25, 0.3) is 0 Å². The van der Waals surface area contributed by atoms with Gasteiger partial charge in [-0.3, -0.25) is 0 Å². The molecule has 0 aliphatic rings. The van der Waals surface area contributed by atoms with E-state index in [1.165, 1.54) is 50.5 Å². The molecular weight excluding hydrogens is 312 g/mol. The molecule has 1 unspecified atom stereocenters. The van der Waals surface area contributed by atoms with Crippen LogP contribution in [0.3, 0.4) is 0 Å². The smallest absolute Gasteiger partial charge is 0.0792 e. The second kappa shape index (κ2) is 10.4. The third-order valence-corrected chi connectivity index (χ3v) is 4.42. The van der Waals surface area contributed by atoms with Gasteiger partial charge in [-0.25, -0.2) is 0 Å². The number of aryl methyl sites for hydroxylation is 1. The Kier molecular flexibility index (Phi) is 9.21. The summed E-state index contributed by atoms with van der Waals surface area (Å²) in [6.07, 6.45) is 11.1. The van der Waals surface area contributed by atoms with Crippen molar-refractivity contribution in [3.8, 4) is 0 Å². The summed E-state index contributed by atoms with van der Waals surface area (Å²) < 4.78 is 1.08. The first-order valence-electron chi connectivity index (χ1n) is 8.09. The van der Waals surface area contributed by atoms with Crippen molar-refractivity contribution in [1.29, 1.82) is 0 Å². The van der Waals surface area contributed by atoms with Crippen LogP contribution in [0.2, 0.25) is 0 Å². The second-order valence-electron chi connectivity index (χ2n) is 5.78. The molecule has 0 saturated carbocycles. The standard InChI is InChI=1S/C18H29BrO/c1-3-4-5-6-7-8-9-10-11-18(20)17-13-12-16(19)14-15(17)2/h12-14,18,20H,3-11H2,1-2H3. The fourth-order valence-electron chi connectivity index (χ4n) is 2.64. The molecule has 1 aromatic carbocycles. The topological polar surface area (TPSA) is 20.2 Å². The van der Waals surface area contributed by atoms with Gasteiger partial charge >= 0.3 is 0 Å². The van der Waals surface area contributed by atoms with Crippen LogP contribution in [0.4, 0.5) is 0 Å². The first-order chi connectivity index (χ1) is 9.65. The minimum absolute atomic E-state index is 0.303. The van der Waals surface area contributed by atoms with Crippen LogP contribution in [0.15, 0.2) is 22.7 Å². The molecule has 0 aromatic heterocycles. The molecule has 20 heavy (non-hydrogen) atoms. The molecule has 0 heterocycles. The highest BCUT2D eigenvalue weighted by atomic mass is 79.9. The van der Waals surface area contributed by atoms with Gasteiger partial charge in [0.1, 0.15) is 0 Å². The summed E-state index contributed by atoms with van der Waals surface area (Å²) in [5.41, 5.74) is 2.25. The average Bonchev–Trinajstić information content (AvgIpc) is 2.41. The number of hydrogen-bond donors (Lipinski definition) is 1. The highest BCUT2D eigenvalue weighted by molar-refractivity contribution is 9.10. The van der Waals surface area contributed by atoms with Crippen molar-refractivity contribution in [3.63, 3.8) is 0 Å². The molecule has 0 fully saturated rings. The van der Waals surface area contributed by atoms with Crippen LogP contribution in [0.5, 0.6) is 0 Å². The summed E-state index contributed by atoms with van der Waals surface area (Å²) in [7, 11) is 0. The van der Waals surface area contributed by atoms with Gasteiger partial charge in [-0.05, 0) is 36.6 Å². The number of rotatable bonds is 10. The Bertz CT molecular complexity index is 376. The zero-order valence-electron chi connectivity index (χ0n) is 13.0. The highest BCUT2D eigenvalue weighted by Crippen LogP contribution is 2.25. The molecule has 1 aromatic rings. The SMILES string of the molecule is CCCCCCCCCCC(O)c1ccc(Br)cc1C. The molecule has 114 valence electrons. The number of halogens is 1. The molecule has 0 saturated heterocycles. The lowest BCUT2D eigenvalue weighted by Crippen LogP contribution is -2.00. The Balaban J connectivity index is 2.15. The molecule has 0 aliphatic heterocycles. The largest absolute Gasteiger partial charge is 0.388 e. The van der Waals surface area contributed by atoms with Crippen molar-refractivity contribution < 1.29 is 5.11 Å². The minimum atomic E-state index is -0.303. The molecule has 0 radical (unpaired) electrons. The van der Waals surface area contributed by atoms with Crippen molar-refractivity contribution in [2.24, 2.45) is 0 Å². The third-order valence-electron chi connectivity index (χ3n) is 3.92. The summed E-state index contributed by atoms with van der Waals surface area (Å²) in [4.78, 5) is 0. The van der Waals surface area contributed by atoms with Crippen molar-refractivity contribution in [1.82, 2.24) is 0 Å². The van der Waals surface area contributed by atoms with E-state index in [9.17, 15) is 5.11 Å². The van der Waals surface area contributed by atoms with Crippen LogP contribution >= 0.6 is 15.9 Å². The number of aliphatic hydroxyl groups is 1. The predicted molar refractivity (Wildman–Crippen MR) is 91.1 cm³/mol. The maximum absolute atomic E-state index is 10.2. The predicted octanol–water partition coefficient (Wildman–Crippen LogP) is 6.32. The van der Waals surface area contributed by atoms with E-state index in [-0.39, 0.29) is 6.10 Å². The van der Waals surface area contributed by atoms with Crippen molar-refractivity contribution in [2.45, 2.75) is 77.7 Å². The summed E-state index contributed by atoms with van der Waals surface area (Å²) in [6, 6.07) is 6.13. The first kappa shape index (κ1) is 17.7. The quantitative estimate of drug-likeness (QED) is 0.494. The van der Waals surface area contributed by atoms with E-state index < -0.39 is 0 Å². The highest BCUT2D eigenvalue weighted by Gasteiger charge is 2.10. The number of unbranched alkanes of at least 4 members (excludes halogenated alkanes) is 7. The normalized spacial score (nSPS) is 12.6. The molecular formula is C18H29BrO. The van der Waals surface area contributed by atoms with E-state index in [2.05, 4.69) is 35.8 Å². The van der Waals surface area contributed by atoms with Crippen LogP contribution in [-0.2, 0) is 0 Å². The zero-order valence-corrected chi connectivity index (χ0v) is 14.6. The van der Waals surface area contributed by atoms with Gasteiger partial charge in [0, 0.05) is 4.47 Å². The summed E-state index contributed by atoms with van der Waals surface area (Å²) in [5, 5.41) is 10.2. The van der Waals surface area contributed by atoms with Crippen molar-refractivity contribution in [3.05, 3.63) is 33.8 Å². The van der Waals surface area contributed by atoms with Gasteiger partial charge < -0.3 is 5.11 Å². The Labute approximate surface area is 132 Å². The summed E-state index contributed by atoms with van der Waals surface area (Å²) in [6.45, 7) is 4.32. The lowest BCUT2D eigenvalue weighted by Gasteiger charge is -2.14. The lowest BCUT2D eigenvalue weighted by atomic mass is 9.98. The van der Waals surface area contributed by atoms with E-state index in [0.29, 0.717) is 0 Å². The number of aliphatic hydroxyl groups excluding tert-OH is 1. The number of benzene rings is 1. The van der Waals surface area contributed by atoms with Gasteiger partial charge in [-0.15, -0.1) is 0 Å². The van der Waals surface area contributed by atoms with E-state index in [1.54, 1.807) is 0 Å². The van der Waals surface area contributed by atoms with Crippen LogP contribution in [-0.4, -0.2) is 5.11 Å². The monoisotopic (exact) mass is 340 g/mol. The molecule has 1 nitrogen and oxygen atoms in total. The van der Waals surface area contributed by atoms with Gasteiger partial charge in [-0.1, -0.05) is 80.3 Å². The van der Waals surface area contributed by atoms with Crippen LogP contribution in [0, 0.1) is 6.92 Å². The molecule has 0 amide bonds. The van der Waals surface area contributed by atoms with E-state index in [0.717, 1.165) is 22.9 Å². The van der Waals surface area contributed by atoms with Crippen LogP contribution < -0.4 is 0 Å². The molecule has 1 N–H and O–H groups in total. The fraction of sp³-hybridized carbons (Fsp3) is 0.667.